The summed E-state index contributed by atoms with van der Waals surface area (Å²) in [6, 6.07) is 11.1. The summed E-state index contributed by atoms with van der Waals surface area (Å²) in [4.78, 5) is 16.6. The zero-order valence-electron chi connectivity index (χ0n) is 17.9. The van der Waals surface area contributed by atoms with Gasteiger partial charge < -0.3 is 14.8 Å². The molecule has 0 fully saturated rings. The van der Waals surface area contributed by atoms with Gasteiger partial charge in [0.2, 0.25) is 0 Å². The Bertz CT molecular complexity index is 1130. The minimum atomic E-state index is -4.76. The highest BCUT2D eigenvalue weighted by molar-refractivity contribution is 5.99. The lowest BCUT2D eigenvalue weighted by atomic mass is 9.94. The van der Waals surface area contributed by atoms with Crippen LogP contribution in [-0.2, 0) is 11.3 Å². The molecule has 1 amide bonds. The number of amides is 1. The average molecular weight is 444 g/mol. The Balaban J connectivity index is 2.01. The number of fused-ring (bicyclic) bond motifs is 1. The molecule has 0 saturated carbocycles. The zero-order valence-corrected chi connectivity index (χ0v) is 17.9. The summed E-state index contributed by atoms with van der Waals surface area (Å²) in [6.07, 6.45) is -2.01. The van der Waals surface area contributed by atoms with Gasteiger partial charge in [-0.2, -0.15) is 0 Å². The second-order valence-electron chi connectivity index (χ2n) is 8.03. The van der Waals surface area contributed by atoms with E-state index in [1.54, 1.807) is 39.1 Å². The number of alkyl halides is 3. The smallest absolute Gasteiger partial charge is 0.444 e. The van der Waals surface area contributed by atoms with Crippen LogP contribution in [0.5, 0.6) is 5.75 Å². The summed E-state index contributed by atoms with van der Waals surface area (Å²) in [5, 5.41) is 3.54. The number of aromatic nitrogens is 1. The van der Waals surface area contributed by atoms with Gasteiger partial charge in [0, 0.05) is 23.7 Å². The Labute approximate surface area is 183 Å². The van der Waals surface area contributed by atoms with Crippen LogP contribution in [0.3, 0.4) is 0 Å². The van der Waals surface area contributed by atoms with Crippen molar-refractivity contribution in [1.82, 2.24) is 10.3 Å². The number of benzene rings is 2. The Morgan fingerprint density at radius 1 is 1.16 bits per heavy atom. The molecule has 0 aliphatic carbocycles. The van der Waals surface area contributed by atoms with Crippen molar-refractivity contribution in [2.45, 2.75) is 39.3 Å². The fourth-order valence-corrected chi connectivity index (χ4v) is 3.26. The Kier molecular flexibility index (Phi) is 6.43. The van der Waals surface area contributed by atoms with Gasteiger partial charge in [-0.05, 0) is 61.7 Å². The van der Waals surface area contributed by atoms with Gasteiger partial charge in [-0.15, -0.1) is 13.2 Å². The van der Waals surface area contributed by atoms with Crippen LogP contribution in [0.1, 0.15) is 31.9 Å². The molecule has 1 aromatic heterocycles. The third kappa shape index (κ3) is 5.78. The van der Waals surface area contributed by atoms with E-state index < -0.39 is 18.1 Å². The maximum Gasteiger partial charge on any atom is 0.573 e. The lowest BCUT2D eigenvalue weighted by molar-refractivity contribution is -0.274. The standard InChI is InChI=1S/C24H23F3N2O3/c1-5-18-16(14-29-22(30)32-23(2,3)4)13-20(21-19(18)7-6-12-28-21)15-8-10-17(11-9-15)31-24(25,26)27/h5-13H,1,14H2,2-4H3,(H,29,30). The van der Waals surface area contributed by atoms with Crippen LogP contribution < -0.4 is 10.1 Å². The Morgan fingerprint density at radius 3 is 2.44 bits per heavy atom. The summed E-state index contributed by atoms with van der Waals surface area (Å²) in [6.45, 7) is 9.37. The SMILES string of the molecule is C=Cc1c(CNC(=O)OC(C)(C)C)cc(-c2ccc(OC(F)(F)F)cc2)c2ncccc12. The fraction of sp³-hybridized carbons (Fsp3) is 0.250. The second-order valence-corrected chi connectivity index (χ2v) is 8.03. The van der Waals surface area contributed by atoms with Gasteiger partial charge >= 0.3 is 12.5 Å². The van der Waals surface area contributed by atoms with Crippen molar-refractivity contribution in [3.8, 4) is 16.9 Å². The molecule has 1 heterocycles. The number of ether oxygens (including phenoxy) is 2. The number of rotatable bonds is 5. The lowest BCUT2D eigenvalue weighted by Crippen LogP contribution is -2.32. The minimum absolute atomic E-state index is 0.170. The highest BCUT2D eigenvalue weighted by Crippen LogP contribution is 2.34. The molecule has 8 heteroatoms. The summed E-state index contributed by atoms with van der Waals surface area (Å²) >= 11 is 0. The van der Waals surface area contributed by atoms with Crippen LogP contribution in [0.25, 0.3) is 28.1 Å². The molecule has 3 rings (SSSR count). The molecule has 32 heavy (non-hydrogen) atoms. The predicted molar refractivity (Wildman–Crippen MR) is 117 cm³/mol. The van der Waals surface area contributed by atoms with Crippen molar-refractivity contribution in [1.29, 1.82) is 0 Å². The summed E-state index contributed by atoms with van der Waals surface area (Å²) in [5.41, 5.74) is 2.93. The largest absolute Gasteiger partial charge is 0.573 e. The highest BCUT2D eigenvalue weighted by atomic mass is 19.4. The van der Waals surface area contributed by atoms with E-state index in [1.807, 2.05) is 12.1 Å². The van der Waals surface area contributed by atoms with Crippen molar-refractivity contribution in [3.05, 3.63) is 66.4 Å². The van der Waals surface area contributed by atoms with Crippen LogP contribution in [0, 0.1) is 0 Å². The third-order valence-electron chi connectivity index (χ3n) is 4.44. The molecule has 0 aliphatic rings. The molecule has 2 aromatic carbocycles. The number of halogens is 3. The van der Waals surface area contributed by atoms with E-state index in [-0.39, 0.29) is 12.3 Å². The lowest BCUT2D eigenvalue weighted by Gasteiger charge is -2.20. The number of alkyl carbamates (subject to hydrolysis) is 1. The van der Waals surface area contributed by atoms with Crippen molar-refractivity contribution in [3.63, 3.8) is 0 Å². The highest BCUT2D eigenvalue weighted by Gasteiger charge is 2.31. The first kappa shape index (κ1) is 23.1. The first-order chi connectivity index (χ1) is 15.0. The molecule has 0 unspecified atom stereocenters. The maximum absolute atomic E-state index is 12.5. The van der Waals surface area contributed by atoms with Crippen molar-refractivity contribution >= 4 is 23.1 Å². The van der Waals surface area contributed by atoms with Crippen molar-refractivity contribution < 1.29 is 27.4 Å². The molecular weight excluding hydrogens is 421 g/mol. The number of hydrogen-bond donors (Lipinski definition) is 1. The van der Waals surface area contributed by atoms with E-state index >= 15 is 0 Å². The molecule has 5 nitrogen and oxygen atoms in total. The van der Waals surface area contributed by atoms with Gasteiger partial charge in [-0.1, -0.05) is 30.9 Å². The topological polar surface area (TPSA) is 60.5 Å². The molecule has 168 valence electrons. The number of nitrogens with zero attached hydrogens (tertiary/aromatic N) is 1. The first-order valence-corrected chi connectivity index (χ1v) is 9.83. The molecule has 0 saturated heterocycles. The van der Waals surface area contributed by atoms with Crippen LogP contribution in [0.2, 0.25) is 0 Å². The van der Waals surface area contributed by atoms with E-state index in [0.717, 1.165) is 16.5 Å². The molecule has 0 radical (unpaired) electrons. The van der Waals surface area contributed by atoms with Crippen LogP contribution >= 0.6 is 0 Å². The third-order valence-corrected chi connectivity index (χ3v) is 4.44. The molecule has 0 aliphatic heterocycles. The van der Waals surface area contributed by atoms with E-state index in [4.69, 9.17) is 4.74 Å². The van der Waals surface area contributed by atoms with Crippen LogP contribution in [-0.4, -0.2) is 23.0 Å². The summed E-state index contributed by atoms with van der Waals surface area (Å²) in [7, 11) is 0. The van der Waals surface area contributed by atoms with Gasteiger partial charge in [-0.3, -0.25) is 4.98 Å². The van der Waals surface area contributed by atoms with E-state index in [2.05, 4.69) is 21.6 Å². The fourth-order valence-electron chi connectivity index (χ4n) is 3.26. The Hall–Kier alpha value is -3.55. The molecule has 0 atom stereocenters. The summed E-state index contributed by atoms with van der Waals surface area (Å²) < 4.78 is 46.7. The summed E-state index contributed by atoms with van der Waals surface area (Å²) in [5.74, 6) is -0.312. The number of hydrogen-bond acceptors (Lipinski definition) is 4. The second kappa shape index (κ2) is 8.90. The van der Waals surface area contributed by atoms with Crippen molar-refractivity contribution in [2.75, 3.05) is 0 Å². The van der Waals surface area contributed by atoms with E-state index in [1.165, 1.54) is 24.3 Å². The normalized spacial score (nSPS) is 11.8. The quantitative estimate of drug-likeness (QED) is 0.490. The predicted octanol–water partition coefficient (Wildman–Crippen LogP) is 6.47. The number of nitrogens with one attached hydrogen (secondary N) is 1. The molecule has 1 N–H and O–H groups in total. The number of carbonyl (C=O) groups is 1. The van der Waals surface area contributed by atoms with Gasteiger partial charge in [0.05, 0.1) is 5.52 Å². The Morgan fingerprint density at radius 2 is 1.84 bits per heavy atom. The van der Waals surface area contributed by atoms with Crippen LogP contribution in [0.4, 0.5) is 18.0 Å². The monoisotopic (exact) mass is 444 g/mol. The van der Waals surface area contributed by atoms with Gasteiger partial charge in [0.1, 0.15) is 11.4 Å². The number of pyridine rings is 1. The van der Waals surface area contributed by atoms with E-state index in [0.29, 0.717) is 16.6 Å². The molecule has 3 aromatic rings. The number of carbonyl (C=O) groups excluding carboxylic acids is 1. The zero-order chi connectivity index (χ0) is 23.5. The van der Waals surface area contributed by atoms with E-state index in [9.17, 15) is 18.0 Å². The minimum Gasteiger partial charge on any atom is -0.444 e. The molecular formula is C24H23F3N2O3. The maximum atomic E-state index is 12.5. The molecule has 0 spiro atoms. The molecule has 0 bridgehead atoms. The van der Waals surface area contributed by atoms with Crippen LogP contribution in [0.15, 0.2) is 55.2 Å². The van der Waals surface area contributed by atoms with Crippen molar-refractivity contribution in [2.24, 2.45) is 0 Å². The van der Waals surface area contributed by atoms with Gasteiger partial charge in [0.15, 0.2) is 0 Å². The first-order valence-electron chi connectivity index (χ1n) is 9.83. The van der Waals surface area contributed by atoms with Gasteiger partial charge in [0.25, 0.3) is 0 Å². The average Bonchev–Trinajstić information content (AvgIpc) is 2.69. The van der Waals surface area contributed by atoms with Gasteiger partial charge in [-0.25, -0.2) is 4.79 Å².